The van der Waals surface area contributed by atoms with Crippen LogP contribution >= 0.6 is 0 Å². The number of carbonyl (C=O) groups is 1. The Hall–Kier alpha value is -3.65. The van der Waals surface area contributed by atoms with Gasteiger partial charge in [0.05, 0.1) is 11.4 Å². The van der Waals surface area contributed by atoms with Crippen molar-refractivity contribution in [1.82, 2.24) is 25.3 Å². The van der Waals surface area contributed by atoms with E-state index in [1.807, 2.05) is 30.3 Å². The highest BCUT2D eigenvalue weighted by atomic mass is 16.1. The molecule has 28 heavy (non-hydrogen) atoms. The van der Waals surface area contributed by atoms with Crippen molar-refractivity contribution in [1.29, 1.82) is 0 Å². The minimum atomic E-state index is -0.172. The molecule has 0 atom stereocenters. The van der Waals surface area contributed by atoms with Crippen molar-refractivity contribution in [3.05, 3.63) is 70.3 Å². The number of hydrogen-bond donors (Lipinski definition) is 3. The summed E-state index contributed by atoms with van der Waals surface area (Å²) in [5.74, 6) is 0.306. The van der Waals surface area contributed by atoms with E-state index in [0.29, 0.717) is 30.2 Å². The second-order valence-electron chi connectivity index (χ2n) is 6.39. The maximum atomic E-state index is 11.4. The van der Waals surface area contributed by atoms with Crippen LogP contribution in [0.25, 0.3) is 22.1 Å². The number of amides is 1. The van der Waals surface area contributed by atoms with Gasteiger partial charge in [0.1, 0.15) is 11.5 Å². The number of nitrogens with zero attached hydrogens (tertiary/aromatic N) is 3. The number of nitrogens with one attached hydrogen (secondary N) is 3. The summed E-state index contributed by atoms with van der Waals surface area (Å²) in [5.41, 5.74) is 2.63. The molecule has 8 heteroatoms. The Kier molecular flexibility index (Phi) is 4.77. The van der Waals surface area contributed by atoms with Gasteiger partial charge in [-0.2, -0.15) is 0 Å². The zero-order chi connectivity index (χ0) is 19.5. The molecule has 140 valence electrons. The summed E-state index contributed by atoms with van der Waals surface area (Å²) in [6, 6.07) is 14.6. The maximum Gasteiger partial charge on any atom is 0.249 e. The average Bonchev–Trinajstić information content (AvgIpc) is 2.67. The Labute approximate surface area is 160 Å². The molecule has 4 aromatic rings. The Balaban J connectivity index is 1.46. The maximum absolute atomic E-state index is 11.4. The first-order chi connectivity index (χ1) is 13.6. The van der Waals surface area contributed by atoms with E-state index >= 15 is 0 Å². The summed E-state index contributed by atoms with van der Waals surface area (Å²) < 4.78 is 0. The molecule has 3 N–H and O–H groups in total. The number of anilines is 1. The van der Waals surface area contributed by atoms with Gasteiger partial charge in [0.25, 0.3) is 0 Å². The van der Waals surface area contributed by atoms with Crippen molar-refractivity contribution in [3.63, 3.8) is 0 Å². The standard InChI is InChI=1S/C20H18N6O2/c1-12(27)22-17-8-4-13-2-6-15(23-19(13)25-17)10-21-11-16-7-3-14-5-9-18(28)26-20(14)24-16/h2-9,21H,10-11H2,1H3,(H,24,26,28)(H,22,23,25,27). The van der Waals surface area contributed by atoms with E-state index in [1.54, 1.807) is 12.1 Å². The Morgan fingerprint density at radius 3 is 2.36 bits per heavy atom. The highest BCUT2D eigenvalue weighted by Gasteiger charge is 2.04. The lowest BCUT2D eigenvalue weighted by Gasteiger charge is -2.07. The third-order valence-electron chi connectivity index (χ3n) is 4.17. The van der Waals surface area contributed by atoms with Crippen molar-refractivity contribution in [2.75, 3.05) is 5.32 Å². The van der Waals surface area contributed by atoms with Gasteiger partial charge in [-0.05, 0) is 42.5 Å². The average molecular weight is 374 g/mol. The van der Waals surface area contributed by atoms with Crippen molar-refractivity contribution >= 4 is 33.8 Å². The Morgan fingerprint density at radius 2 is 1.57 bits per heavy atom. The Morgan fingerprint density at radius 1 is 0.893 bits per heavy atom. The molecule has 1 amide bonds. The molecule has 0 aliphatic rings. The minimum Gasteiger partial charge on any atom is -0.311 e. The SMILES string of the molecule is CC(=O)Nc1ccc2ccc(CNCc3ccc4ccc(=O)[nH]c4n3)nc2n1. The number of pyridine rings is 4. The minimum absolute atomic E-state index is 0.170. The van der Waals surface area contributed by atoms with Gasteiger partial charge >= 0.3 is 0 Å². The van der Waals surface area contributed by atoms with Gasteiger partial charge in [0.2, 0.25) is 11.5 Å². The van der Waals surface area contributed by atoms with Crippen LogP contribution in [0.5, 0.6) is 0 Å². The van der Waals surface area contributed by atoms with Crippen LogP contribution in [0.2, 0.25) is 0 Å². The Bertz CT molecular complexity index is 1230. The predicted octanol–water partition coefficient (Wildman–Crippen LogP) is 2.11. The van der Waals surface area contributed by atoms with Crippen LogP contribution in [0.4, 0.5) is 5.82 Å². The van der Waals surface area contributed by atoms with Crippen LogP contribution in [-0.4, -0.2) is 25.8 Å². The summed E-state index contributed by atoms with van der Waals surface area (Å²) in [6.07, 6.45) is 0. The normalized spacial score (nSPS) is 11.0. The molecule has 4 aromatic heterocycles. The quantitative estimate of drug-likeness (QED) is 0.493. The van der Waals surface area contributed by atoms with Gasteiger partial charge < -0.3 is 15.6 Å². The number of carbonyl (C=O) groups excluding carboxylic acids is 1. The van der Waals surface area contributed by atoms with Gasteiger partial charge in [-0.3, -0.25) is 9.59 Å². The van der Waals surface area contributed by atoms with Gasteiger partial charge in [-0.25, -0.2) is 15.0 Å². The molecule has 0 saturated carbocycles. The summed E-state index contributed by atoms with van der Waals surface area (Å²) >= 11 is 0. The van der Waals surface area contributed by atoms with E-state index in [-0.39, 0.29) is 11.5 Å². The molecule has 0 aliphatic heterocycles. The van der Waals surface area contributed by atoms with Crippen molar-refractivity contribution < 1.29 is 4.79 Å². The third kappa shape index (κ3) is 4.02. The number of hydrogen-bond acceptors (Lipinski definition) is 6. The molecule has 0 bridgehead atoms. The lowest BCUT2D eigenvalue weighted by Crippen LogP contribution is -2.15. The van der Waals surface area contributed by atoms with Crippen LogP contribution in [-0.2, 0) is 17.9 Å². The highest BCUT2D eigenvalue weighted by molar-refractivity contribution is 5.89. The van der Waals surface area contributed by atoms with E-state index in [4.69, 9.17) is 0 Å². The molecule has 0 fully saturated rings. The van der Waals surface area contributed by atoms with Crippen LogP contribution in [0.15, 0.2) is 53.3 Å². The molecular formula is C20H18N6O2. The van der Waals surface area contributed by atoms with Crippen molar-refractivity contribution in [2.45, 2.75) is 20.0 Å². The lowest BCUT2D eigenvalue weighted by atomic mass is 10.2. The molecule has 0 radical (unpaired) electrons. The number of rotatable bonds is 5. The molecule has 0 unspecified atom stereocenters. The molecule has 0 aliphatic carbocycles. The molecule has 0 spiro atoms. The van der Waals surface area contributed by atoms with Crippen LogP contribution in [0.3, 0.4) is 0 Å². The summed E-state index contributed by atoms with van der Waals surface area (Å²) in [6.45, 7) is 2.51. The van der Waals surface area contributed by atoms with E-state index in [9.17, 15) is 9.59 Å². The fourth-order valence-corrected chi connectivity index (χ4v) is 2.87. The first-order valence-electron chi connectivity index (χ1n) is 8.81. The van der Waals surface area contributed by atoms with Gasteiger partial charge in [0.15, 0.2) is 5.65 Å². The fraction of sp³-hybridized carbons (Fsp3) is 0.150. The van der Waals surface area contributed by atoms with E-state index in [0.717, 1.165) is 22.2 Å². The summed E-state index contributed by atoms with van der Waals surface area (Å²) in [5, 5.41) is 7.75. The molecule has 0 saturated heterocycles. The zero-order valence-electron chi connectivity index (χ0n) is 15.2. The van der Waals surface area contributed by atoms with Crippen LogP contribution < -0.4 is 16.2 Å². The molecule has 0 aromatic carbocycles. The van der Waals surface area contributed by atoms with Crippen LogP contribution in [0, 0.1) is 0 Å². The zero-order valence-corrected chi connectivity index (χ0v) is 15.2. The first-order valence-corrected chi connectivity index (χ1v) is 8.81. The van der Waals surface area contributed by atoms with E-state index in [2.05, 4.69) is 30.6 Å². The molecule has 4 heterocycles. The fourth-order valence-electron chi connectivity index (χ4n) is 2.87. The predicted molar refractivity (Wildman–Crippen MR) is 107 cm³/mol. The topological polar surface area (TPSA) is 113 Å². The van der Waals surface area contributed by atoms with Gasteiger partial charge in [-0.15, -0.1) is 0 Å². The van der Waals surface area contributed by atoms with Crippen molar-refractivity contribution in [3.8, 4) is 0 Å². The van der Waals surface area contributed by atoms with Crippen LogP contribution in [0.1, 0.15) is 18.3 Å². The number of fused-ring (bicyclic) bond motifs is 2. The van der Waals surface area contributed by atoms with E-state index < -0.39 is 0 Å². The molecule has 8 nitrogen and oxygen atoms in total. The van der Waals surface area contributed by atoms with Crippen molar-refractivity contribution in [2.24, 2.45) is 0 Å². The van der Waals surface area contributed by atoms with Gasteiger partial charge in [-0.1, -0.05) is 0 Å². The second kappa shape index (κ2) is 7.53. The lowest BCUT2D eigenvalue weighted by molar-refractivity contribution is -0.114. The number of aromatic amines is 1. The summed E-state index contributed by atoms with van der Waals surface area (Å²) in [4.78, 5) is 38.7. The second-order valence-corrected chi connectivity index (χ2v) is 6.39. The third-order valence-corrected chi connectivity index (χ3v) is 4.17. The summed E-state index contributed by atoms with van der Waals surface area (Å²) in [7, 11) is 0. The number of aromatic nitrogens is 4. The largest absolute Gasteiger partial charge is 0.311 e. The first kappa shape index (κ1) is 17.7. The smallest absolute Gasteiger partial charge is 0.249 e. The van der Waals surface area contributed by atoms with Gasteiger partial charge in [0, 0.05) is 36.9 Å². The molecule has 4 rings (SSSR count). The number of H-pyrrole nitrogens is 1. The highest BCUT2D eigenvalue weighted by Crippen LogP contribution is 2.14. The monoisotopic (exact) mass is 374 g/mol. The molecular weight excluding hydrogens is 356 g/mol. The van der Waals surface area contributed by atoms with E-state index in [1.165, 1.54) is 13.0 Å².